The Bertz CT molecular complexity index is 352. The van der Waals surface area contributed by atoms with E-state index in [4.69, 9.17) is 15.2 Å². The highest BCUT2D eigenvalue weighted by atomic mass is 16.5. The molecule has 4 heteroatoms. The van der Waals surface area contributed by atoms with Crippen LogP contribution in [0.3, 0.4) is 0 Å². The van der Waals surface area contributed by atoms with E-state index in [1.54, 1.807) is 14.2 Å². The molecule has 0 saturated carbocycles. The number of ether oxygens (including phenoxy) is 2. The first-order chi connectivity index (χ1) is 9.10. The van der Waals surface area contributed by atoms with Gasteiger partial charge >= 0.3 is 0 Å². The predicted molar refractivity (Wildman–Crippen MR) is 79.6 cm³/mol. The smallest absolute Gasteiger partial charge is 0.0663 e. The average Bonchev–Trinajstić information content (AvgIpc) is 2.40. The fourth-order valence-electron chi connectivity index (χ4n) is 2.09. The fraction of sp³-hybridized carbons (Fsp3) is 0.600. The maximum atomic E-state index is 5.87. The van der Waals surface area contributed by atoms with E-state index in [1.807, 2.05) is 6.92 Å². The molecule has 0 amide bonds. The SMILES string of the molecule is COCCN(c1ccc([C@H](C)N)cc1)C(C)COC. The zero-order valence-corrected chi connectivity index (χ0v) is 12.4. The first kappa shape index (κ1) is 16.0. The van der Waals surface area contributed by atoms with Crippen LogP contribution in [0, 0.1) is 0 Å². The molecule has 4 nitrogen and oxygen atoms in total. The Morgan fingerprint density at radius 2 is 1.74 bits per heavy atom. The lowest BCUT2D eigenvalue weighted by molar-refractivity contribution is 0.171. The Balaban J connectivity index is 2.83. The lowest BCUT2D eigenvalue weighted by Gasteiger charge is -2.31. The van der Waals surface area contributed by atoms with Crippen molar-refractivity contribution in [2.45, 2.75) is 25.9 Å². The molecule has 1 aromatic rings. The van der Waals surface area contributed by atoms with Crippen LogP contribution in [-0.2, 0) is 9.47 Å². The summed E-state index contributed by atoms with van der Waals surface area (Å²) in [5.41, 5.74) is 8.19. The highest BCUT2D eigenvalue weighted by molar-refractivity contribution is 5.49. The molecule has 0 aromatic heterocycles. The fourth-order valence-corrected chi connectivity index (χ4v) is 2.09. The molecule has 1 unspecified atom stereocenters. The van der Waals surface area contributed by atoms with Crippen LogP contribution in [0.5, 0.6) is 0 Å². The number of nitrogens with two attached hydrogens (primary N) is 1. The van der Waals surface area contributed by atoms with Gasteiger partial charge in [0.05, 0.1) is 13.2 Å². The predicted octanol–water partition coefficient (Wildman–Crippen LogP) is 2.19. The highest BCUT2D eigenvalue weighted by Gasteiger charge is 2.14. The lowest BCUT2D eigenvalue weighted by atomic mass is 10.1. The third-order valence-corrected chi connectivity index (χ3v) is 3.23. The molecule has 0 aliphatic carbocycles. The van der Waals surface area contributed by atoms with Crippen LogP contribution in [0.2, 0.25) is 0 Å². The average molecular weight is 266 g/mol. The van der Waals surface area contributed by atoms with Crippen molar-refractivity contribution in [3.8, 4) is 0 Å². The summed E-state index contributed by atoms with van der Waals surface area (Å²) in [7, 11) is 3.45. The minimum absolute atomic E-state index is 0.0675. The number of benzene rings is 1. The first-order valence-corrected chi connectivity index (χ1v) is 6.70. The molecule has 1 rings (SSSR count). The van der Waals surface area contributed by atoms with Crippen LogP contribution in [0.1, 0.15) is 25.5 Å². The summed E-state index contributed by atoms with van der Waals surface area (Å²) >= 11 is 0. The van der Waals surface area contributed by atoms with E-state index in [2.05, 4.69) is 36.1 Å². The molecule has 1 aromatic carbocycles. The van der Waals surface area contributed by atoms with Crippen LogP contribution >= 0.6 is 0 Å². The molecule has 0 aliphatic heterocycles. The molecule has 0 saturated heterocycles. The molecule has 0 radical (unpaired) electrons. The van der Waals surface area contributed by atoms with E-state index in [9.17, 15) is 0 Å². The Morgan fingerprint density at radius 1 is 1.11 bits per heavy atom. The molecule has 0 bridgehead atoms. The van der Waals surface area contributed by atoms with E-state index in [0.29, 0.717) is 19.3 Å². The quantitative estimate of drug-likeness (QED) is 0.783. The monoisotopic (exact) mass is 266 g/mol. The second-order valence-corrected chi connectivity index (χ2v) is 4.87. The van der Waals surface area contributed by atoms with Crippen molar-refractivity contribution in [1.29, 1.82) is 0 Å². The first-order valence-electron chi connectivity index (χ1n) is 6.70. The Kier molecular flexibility index (Phi) is 6.84. The van der Waals surface area contributed by atoms with Crippen molar-refractivity contribution < 1.29 is 9.47 Å². The highest BCUT2D eigenvalue weighted by Crippen LogP contribution is 2.20. The number of hydrogen-bond donors (Lipinski definition) is 1. The van der Waals surface area contributed by atoms with Gasteiger partial charge in [-0.05, 0) is 31.5 Å². The van der Waals surface area contributed by atoms with Crippen molar-refractivity contribution in [3.63, 3.8) is 0 Å². The Labute approximate surface area is 116 Å². The lowest BCUT2D eigenvalue weighted by Crippen LogP contribution is -2.38. The van der Waals surface area contributed by atoms with Crippen molar-refractivity contribution in [2.24, 2.45) is 5.73 Å². The summed E-state index contributed by atoms with van der Waals surface area (Å²) in [5.74, 6) is 0. The molecule has 108 valence electrons. The van der Waals surface area contributed by atoms with Crippen molar-refractivity contribution in [3.05, 3.63) is 29.8 Å². The summed E-state index contributed by atoms with van der Waals surface area (Å²) < 4.78 is 10.4. The van der Waals surface area contributed by atoms with Gasteiger partial charge in [-0.25, -0.2) is 0 Å². The molecule has 2 N–H and O–H groups in total. The molecule has 19 heavy (non-hydrogen) atoms. The van der Waals surface area contributed by atoms with Crippen LogP contribution in [0.4, 0.5) is 5.69 Å². The summed E-state index contributed by atoms with van der Waals surface area (Å²) in [6, 6.07) is 8.76. The second kappa shape index (κ2) is 8.15. The molecule has 2 atom stereocenters. The molecular formula is C15H26N2O2. The van der Waals surface area contributed by atoms with Gasteiger partial charge in [-0.2, -0.15) is 0 Å². The molecular weight excluding hydrogens is 240 g/mol. The van der Waals surface area contributed by atoms with Gasteiger partial charge in [0.15, 0.2) is 0 Å². The van der Waals surface area contributed by atoms with Gasteiger partial charge in [-0.15, -0.1) is 0 Å². The van der Waals surface area contributed by atoms with Crippen molar-refractivity contribution >= 4 is 5.69 Å². The molecule has 0 aliphatic rings. The largest absolute Gasteiger partial charge is 0.383 e. The Hall–Kier alpha value is -1.10. The van der Waals surface area contributed by atoms with Crippen LogP contribution < -0.4 is 10.6 Å². The van der Waals surface area contributed by atoms with Gasteiger partial charge in [-0.1, -0.05) is 12.1 Å². The van der Waals surface area contributed by atoms with Gasteiger partial charge in [0, 0.05) is 38.5 Å². The number of hydrogen-bond acceptors (Lipinski definition) is 4. The van der Waals surface area contributed by atoms with E-state index in [1.165, 1.54) is 5.69 Å². The molecule has 0 heterocycles. The zero-order valence-electron chi connectivity index (χ0n) is 12.4. The topological polar surface area (TPSA) is 47.7 Å². The summed E-state index contributed by atoms with van der Waals surface area (Å²) in [6.07, 6.45) is 0. The number of nitrogens with zero attached hydrogens (tertiary/aromatic N) is 1. The van der Waals surface area contributed by atoms with E-state index in [-0.39, 0.29) is 6.04 Å². The minimum atomic E-state index is 0.0675. The Morgan fingerprint density at radius 3 is 2.21 bits per heavy atom. The molecule has 0 spiro atoms. The third kappa shape index (κ3) is 4.82. The van der Waals surface area contributed by atoms with Crippen LogP contribution in [0.15, 0.2) is 24.3 Å². The summed E-state index contributed by atoms with van der Waals surface area (Å²) in [5, 5.41) is 0. The van der Waals surface area contributed by atoms with Gasteiger partial charge in [0.25, 0.3) is 0 Å². The van der Waals surface area contributed by atoms with Crippen molar-refractivity contribution in [2.75, 3.05) is 38.9 Å². The standard InChI is InChI=1S/C15H26N2O2/c1-12(11-19-4)17(9-10-18-3)15-7-5-14(6-8-15)13(2)16/h5-8,12-13H,9-11,16H2,1-4H3/t12?,13-/m0/s1. The van der Waals surface area contributed by atoms with Crippen molar-refractivity contribution in [1.82, 2.24) is 0 Å². The maximum absolute atomic E-state index is 5.87. The van der Waals surface area contributed by atoms with Gasteiger partial charge in [-0.3, -0.25) is 0 Å². The normalized spacial score (nSPS) is 14.2. The number of anilines is 1. The zero-order chi connectivity index (χ0) is 14.3. The van der Waals surface area contributed by atoms with Crippen LogP contribution in [-0.4, -0.2) is 40.0 Å². The van der Waals surface area contributed by atoms with Gasteiger partial charge in [0.2, 0.25) is 0 Å². The number of rotatable bonds is 8. The van der Waals surface area contributed by atoms with Crippen LogP contribution in [0.25, 0.3) is 0 Å². The third-order valence-electron chi connectivity index (χ3n) is 3.23. The molecule has 0 fully saturated rings. The van der Waals surface area contributed by atoms with Gasteiger partial charge in [0.1, 0.15) is 0 Å². The van der Waals surface area contributed by atoms with E-state index < -0.39 is 0 Å². The minimum Gasteiger partial charge on any atom is -0.383 e. The van der Waals surface area contributed by atoms with E-state index >= 15 is 0 Å². The van der Waals surface area contributed by atoms with E-state index in [0.717, 1.165) is 12.1 Å². The summed E-state index contributed by atoms with van der Waals surface area (Å²) in [4.78, 5) is 2.29. The second-order valence-electron chi connectivity index (χ2n) is 4.87. The maximum Gasteiger partial charge on any atom is 0.0663 e. The summed E-state index contributed by atoms with van der Waals surface area (Å²) in [6.45, 7) is 6.38. The van der Waals surface area contributed by atoms with Gasteiger partial charge < -0.3 is 20.1 Å². The number of methoxy groups -OCH3 is 2.